The van der Waals surface area contributed by atoms with E-state index in [2.05, 4.69) is 51.0 Å². The lowest BCUT2D eigenvalue weighted by Crippen LogP contribution is -2.35. The first-order valence-corrected chi connectivity index (χ1v) is 7.78. The van der Waals surface area contributed by atoms with Crippen molar-refractivity contribution in [3.05, 3.63) is 34.0 Å². The van der Waals surface area contributed by atoms with Crippen molar-refractivity contribution in [2.24, 2.45) is 0 Å². The lowest BCUT2D eigenvalue weighted by Gasteiger charge is -2.27. The predicted molar refractivity (Wildman–Crippen MR) is 77.4 cm³/mol. The molecule has 3 heterocycles. The molecule has 4 nitrogen and oxygen atoms in total. The Hall–Kier alpha value is -1.20. The Morgan fingerprint density at radius 3 is 2.95 bits per heavy atom. The molecule has 0 radical (unpaired) electrons. The maximum Gasteiger partial charge on any atom is 0.147 e. The molecule has 0 saturated carbocycles. The molecule has 2 aromatic rings. The molecule has 0 bridgehead atoms. The normalized spacial score (nSPS) is 15.9. The SMILES string of the molecule is CC(C)c1nnc2n1CCN(CCc1cccs1)C2. The highest BCUT2D eigenvalue weighted by Gasteiger charge is 2.21. The molecule has 0 amide bonds. The highest BCUT2D eigenvalue weighted by atomic mass is 32.1. The standard InChI is InChI=1S/C14H20N4S/c1-11(2)14-16-15-13-10-17(7-8-18(13)14)6-5-12-4-3-9-19-12/h3-4,9,11H,5-8,10H2,1-2H3. The third-order valence-electron chi connectivity index (χ3n) is 3.63. The van der Waals surface area contributed by atoms with Gasteiger partial charge in [-0.05, 0) is 17.9 Å². The van der Waals surface area contributed by atoms with E-state index in [1.54, 1.807) is 0 Å². The molecule has 0 aromatic carbocycles. The van der Waals surface area contributed by atoms with Crippen molar-refractivity contribution in [1.29, 1.82) is 0 Å². The zero-order valence-corrected chi connectivity index (χ0v) is 12.4. The molecule has 1 aliphatic rings. The Morgan fingerprint density at radius 1 is 1.32 bits per heavy atom. The van der Waals surface area contributed by atoms with Gasteiger partial charge >= 0.3 is 0 Å². The fourth-order valence-electron chi connectivity index (χ4n) is 2.57. The average molecular weight is 276 g/mol. The quantitative estimate of drug-likeness (QED) is 0.860. The van der Waals surface area contributed by atoms with E-state index >= 15 is 0 Å². The maximum absolute atomic E-state index is 4.35. The Bertz CT molecular complexity index is 530. The van der Waals surface area contributed by atoms with E-state index in [1.165, 1.54) is 4.88 Å². The van der Waals surface area contributed by atoms with Gasteiger partial charge in [0.1, 0.15) is 11.6 Å². The lowest BCUT2D eigenvalue weighted by molar-refractivity contribution is 0.217. The second kappa shape index (κ2) is 5.43. The molecule has 0 unspecified atom stereocenters. The third kappa shape index (κ3) is 2.72. The summed E-state index contributed by atoms with van der Waals surface area (Å²) in [5.41, 5.74) is 0. The molecule has 0 spiro atoms. The van der Waals surface area contributed by atoms with Crippen LogP contribution in [0.25, 0.3) is 0 Å². The van der Waals surface area contributed by atoms with Crippen LogP contribution in [0.4, 0.5) is 0 Å². The van der Waals surface area contributed by atoms with Gasteiger partial charge in [0.15, 0.2) is 0 Å². The highest BCUT2D eigenvalue weighted by Crippen LogP contribution is 2.18. The van der Waals surface area contributed by atoms with Gasteiger partial charge in [0.25, 0.3) is 0 Å². The van der Waals surface area contributed by atoms with Crippen LogP contribution in [0.15, 0.2) is 17.5 Å². The first kappa shape index (κ1) is 12.8. The van der Waals surface area contributed by atoms with E-state index in [0.717, 1.165) is 44.2 Å². The van der Waals surface area contributed by atoms with Gasteiger partial charge in [0.05, 0.1) is 6.54 Å². The molecule has 102 valence electrons. The summed E-state index contributed by atoms with van der Waals surface area (Å²) in [7, 11) is 0. The first-order chi connectivity index (χ1) is 9.24. The van der Waals surface area contributed by atoms with Gasteiger partial charge in [-0.2, -0.15) is 0 Å². The average Bonchev–Trinajstić information content (AvgIpc) is 3.05. The van der Waals surface area contributed by atoms with Gasteiger partial charge < -0.3 is 4.57 Å². The molecule has 0 N–H and O–H groups in total. The van der Waals surface area contributed by atoms with E-state index < -0.39 is 0 Å². The minimum Gasteiger partial charge on any atom is -0.312 e. The molecule has 0 fully saturated rings. The third-order valence-corrected chi connectivity index (χ3v) is 4.57. The minimum atomic E-state index is 0.457. The molecule has 0 atom stereocenters. The van der Waals surface area contributed by atoms with E-state index in [0.29, 0.717) is 5.92 Å². The summed E-state index contributed by atoms with van der Waals surface area (Å²) in [5.74, 6) is 2.72. The van der Waals surface area contributed by atoms with E-state index in [9.17, 15) is 0 Å². The van der Waals surface area contributed by atoms with Crippen LogP contribution in [0.2, 0.25) is 0 Å². The van der Waals surface area contributed by atoms with Crippen LogP contribution in [-0.2, 0) is 19.5 Å². The van der Waals surface area contributed by atoms with Crippen molar-refractivity contribution in [2.45, 2.75) is 39.3 Å². The van der Waals surface area contributed by atoms with Crippen molar-refractivity contribution in [3.8, 4) is 0 Å². The Kier molecular flexibility index (Phi) is 3.66. The topological polar surface area (TPSA) is 34.0 Å². The summed E-state index contributed by atoms with van der Waals surface area (Å²) in [6.45, 7) is 8.55. The van der Waals surface area contributed by atoms with Gasteiger partial charge in [0.2, 0.25) is 0 Å². The molecule has 0 aliphatic carbocycles. The smallest absolute Gasteiger partial charge is 0.147 e. The zero-order chi connectivity index (χ0) is 13.2. The summed E-state index contributed by atoms with van der Waals surface area (Å²) in [6.07, 6.45) is 1.14. The summed E-state index contributed by atoms with van der Waals surface area (Å²) in [4.78, 5) is 3.95. The molecule has 3 rings (SSSR count). The summed E-state index contributed by atoms with van der Waals surface area (Å²) in [6, 6.07) is 4.34. The van der Waals surface area contributed by atoms with Crippen LogP contribution in [0.3, 0.4) is 0 Å². The van der Waals surface area contributed by atoms with Crippen molar-refractivity contribution in [2.75, 3.05) is 13.1 Å². The number of hydrogen-bond donors (Lipinski definition) is 0. The van der Waals surface area contributed by atoms with Gasteiger partial charge in [-0.1, -0.05) is 19.9 Å². The monoisotopic (exact) mass is 276 g/mol. The number of thiophene rings is 1. The molecule has 0 saturated heterocycles. The number of nitrogens with zero attached hydrogens (tertiary/aromatic N) is 4. The number of aromatic nitrogens is 3. The molecular formula is C14H20N4S. The summed E-state index contributed by atoms with van der Waals surface area (Å²) < 4.78 is 2.30. The fraction of sp³-hybridized carbons (Fsp3) is 0.571. The molecule has 5 heteroatoms. The maximum atomic E-state index is 4.35. The van der Waals surface area contributed by atoms with Crippen LogP contribution < -0.4 is 0 Å². The first-order valence-electron chi connectivity index (χ1n) is 6.90. The van der Waals surface area contributed by atoms with E-state index in [1.807, 2.05) is 11.3 Å². The van der Waals surface area contributed by atoms with Crippen molar-refractivity contribution < 1.29 is 0 Å². The minimum absolute atomic E-state index is 0.457. The second-order valence-corrected chi connectivity index (χ2v) is 6.42. The lowest BCUT2D eigenvalue weighted by atomic mass is 10.2. The summed E-state index contributed by atoms with van der Waals surface area (Å²) in [5, 5.41) is 10.8. The van der Waals surface area contributed by atoms with Gasteiger partial charge in [-0.25, -0.2) is 0 Å². The Morgan fingerprint density at radius 2 is 2.21 bits per heavy atom. The molecule has 1 aliphatic heterocycles. The largest absolute Gasteiger partial charge is 0.312 e. The van der Waals surface area contributed by atoms with E-state index in [4.69, 9.17) is 0 Å². The van der Waals surface area contributed by atoms with Crippen molar-refractivity contribution in [1.82, 2.24) is 19.7 Å². The Labute approximate surface area is 118 Å². The van der Waals surface area contributed by atoms with Crippen molar-refractivity contribution in [3.63, 3.8) is 0 Å². The van der Waals surface area contributed by atoms with Gasteiger partial charge in [-0.3, -0.25) is 4.90 Å². The van der Waals surface area contributed by atoms with Gasteiger partial charge in [0, 0.05) is 30.4 Å². The predicted octanol–water partition coefficient (Wildman–Crippen LogP) is 2.52. The van der Waals surface area contributed by atoms with Gasteiger partial charge in [-0.15, -0.1) is 21.5 Å². The zero-order valence-electron chi connectivity index (χ0n) is 11.5. The molecular weight excluding hydrogens is 256 g/mol. The van der Waals surface area contributed by atoms with Crippen LogP contribution in [-0.4, -0.2) is 32.8 Å². The molecule has 19 heavy (non-hydrogen) atoms. The van der Waals surface area contributed by atoms with E-state index in [-0.39, 0.29) is 0 Å². The number of fused-ring (bicyclic) bond motifs is 1. The molecule has 2 aromatic heterocycles. The van der Waals surface area contributed by atoms with Crippen LogP contribution in [0.5, 0.6) is 0 Å². The number of rotatable bonds is 4. The van der Waals surface area contributed by atoms with Crippen LogP contribution >= 0.6 is 11.3 Å². The fourth-order valence-corrected chi connectivity index (χ4v) is 3.27. The van der Waals surface area contributed by atoms with Crippen LogP contribution in [0, 0.1) is 0 Å². The second-order valence-electron chi connectivity index (χ2n) is 5.39. The van der Waals surface area contributed by atoms with Crippen molar-refractivity contribution >= 4 is 11.3 Å². The number of hydrogen-bond acceptors (Lipinski definition) is 4. The Balaban J connectivity index is 1.63. The summed E-state index contributed by atoms with van der Waals surface area (Å²) >= 11 is 1.85. The van der Waals surface area contributed by atoms with Crippen LogP contribution in [0.1, 0.15) is 36.3 Å². The highest BCUT2D eigenvalue weighted by molar-refractivity contribution is 7.09.